The molecular formula is C13H28N2. The van der Waals surface area contributed by atoms with Crippen molar-refractivity contribution in [3.63, 3.8) is 0 Å². The molecule has 1 aliphatic rings. The molecule has 0 unspecified atom stereocenters. The topological polar surface area (TPSA) is 15.3 Å². The van der Waals surface area contributed by atoms with Gasteiger partial charge in [0.1, 0.15) is 0 Å². The van der Waals surface area contributed by atoms with E-state index in [1.807, 2.05) is 0 Å². The number of nitrogens with zero attached hydrogens (tertiary/aromatic N) is 1. The first kappa shape index (κ1) is 13.0. The van der Waals surface area contributed by atoms with Crippen LogP contribution in [-0.4, -0.2) is 36.6 Å². The minimum absolute atomic E-state index is 0.684. The fourth-order valence-electron chi connectivity index (χ4n) is 2.26. The molecule has 0 amide bonds. The Hall–Kier alpha value is -0.0800. The number of hydrogen-bond acceptors (Lipinski definition) is 2. The van der Waals surface area contributed by atoms with Gasteiger partial charge in [-0.3, -0.25) is 0 Å². The van der Waals surface area contributed by atoms with Crippen LogP contribution >= 0.6 is 0 Å². The summed E-state index contributed by atoms with van der Waals surface area (Å²) in [5.41, 5.74) is 0. The molecule has 0 aliphatic carbocycles. The van der Waals surface area contributed by atoms with Gasteiger partial charge < -0.3 is 10.2 Å². The van der Waals surface area contributed by atoms with Crippen LogP contribution < -0.4 is 5.32 Å². The molecule has 0 spiro atoms. The Morgan fingerprint density at radius 3 is 2.87 bits per heavy atom. The fraction of sp³-hybridized carbons (Fsp3) is 1.00. The van der Waals surface area contributed by atoms with Crippen LogP contribution in [-0.2, 0) is 0 Å². The lowest BCUT2D eigenvalue weighted by atomic mass is 10.0. The number of rotatable bonds is 6. The average molecular weight is 212 g/mol. The van der Waals surface area contributed by atoms with E-state index < -0.39 is 0 Å². The molecule has 2 nitrogen and oxygen atoms in total. The van der Waals surface area contributed by atoms with Crippen LogP contribution in [0.2, 0.25) is 0 Å². The molecule has 15 heavy (non-hydrogen) atoms. The van der Waals surface area contributed by atoms with Crippen molar-refractivity contribution in [2.75, 3.05) is 19.6 Å². The van der Waals surface area contributed by atoms with E-state index in [1.165, 1.54) is 51.7 Å². The van der Waals surface area contributed by atoms with Gasteiger partial charge in [-0.15, -0.1) is 0 Å². The highest BCUT2D eigenvalue weighted by molar-refractivity contribution is 4.73. The Balaban J connectivity index is 2.03. The highest BCUT2D eigenvalue weighted by Gasteiger charge is 2.16. The molecule has 2 atom stereocenters. The van der Waals surface area contributed by atoms with Gasteiger partial charge in [-0.25, -0.2) is 0 Å². The summed E-state index contributed by atoms with van der Waals surface area (Å²) < 4.78 is 0. The van der Waals surface area contributed by atoms with Crippen molar-refractivity contribution in [1.29, 1.82) is 0 Å². The molecule has 2 heteroatoms. The summed E-state index contributed by atoms with van der Waals surface area (Å²) in [6.07, 6.45) is 6.78. The molecule has 1 aliphatic heterocycles. The Kier molecular flexibility index (Phi) is 6.26. The van der Waals surface area contributed by atoms with Crippen LogP contribution in [0.1, 0.15) is 52.9 Å². The lowest BCUT2D eigenvalue weighted by Crippen LogP contribution is -2.39. The van der Waals surface area contributed by atoms with Crippen molar-refractivity contribution in [2.24, 2.45) is 0 Å². The SMILES string of the molecule is CC[C@@H](C)NCCCN1CCCC[C@H]1C. The lowest BCUT2D eigenvalue weighted by molar-refractivity contribution is 0.158. The first-order chi connectivity index (χ1) is 7.24. The predicted molar refractivity (Wildman–Crippen MR) is 67.3 cm³/mol. The molecule has 0 aromatic heterocycles. The van der Waals surface area contributed by atoms with Gasteiger partial charge in [0, 0.05) is 12.1 Å². The van der Waals surface area contributed by atoms with E-state index in [4.69, 9.17) is 0 Å². The number of piperidine rings is 1. The third kappa shape index (κ3) is 4.98. The Bertz CT molecular complexity index is 159. The monoisotopic (exact) mass is 212 g/mol. The van der Waals surface area contributed by atoms with Crippen LogP contribution in [0.3, 0.4) is 0 Å². The minimum Gasteiger partial charge on any atom is -0.314 e. The standard InChI is InChI=1S/C13H28N2/c1-4-12(2)14-9-7-11-15-10-6-5-8-13(15)3/h12-14H,4-11H2,1-3H3/t12-,13-/m1/s1. The van der Waals surface area contributed by atoms with Crippen LogP contribution in [0.5, 0.6) is 0 Å². The van der Waals surface area contributed by atoms with Crippen molar-refractivity contribution in [1.82, 2.24) is 10.2 Å². The van der Waals surface area contributed by atoms with Gasteiger partial charge in [-0.05, 0) is 59.2 Å². The molecule has 0 saturated carbocycles. The van der Waals surface area contributed by atoms with E-state index in [1.54, 1.807) is 0 Å². The summed E-state index contributed by atoms with van der Waals surface area (Å²) in [5.74, 6) is 0. The zero-order valence-electron chi connectivity index (χ0n) is 10.8. The summed E-state index contributed by atoms with van der Waals surface area (Å²) >= 11 is 0. The van der Waals surface area contributed by atoms with Gasteiger partial charge in [0.15, 0.2) is 0 Å². The summed E-state index contributed by atoms with van der Waals surface area (Å²) in [5, 5.41) is 3.56. The first-order valence-electron chi connectivity index (χ1n) is 6.71. The van der Waals surface area contributed by atoms with E-state index in [2.05, 4.69) is 31.0 Å². The molecule has 1 N–H and O–H groups in total. The smallest absolute Gasteiger partial charge is 0.00669 e. The quantitative estimate of drug-likeness (QED) is 0.681. The summed E-state index contributed by atoms with van der Waals surface area (Å²) in [6, 6.07) is 1.51. The van der Waals surface area contributed by atoms with Gasteiger partial charge >= 0.3 is 0 Å². The second-order valence-electron chi connectivity index (χ2n) is 5.00. The summed E-state index contributed by atoms with van der Waals surface area (Å²) in [7, 11) is 0. The zero-order valence-corrected chi connectivity index (χ0v) is 10.8. The van der Waals surface area contributed by atoms with Crippen molar-refractivity contribution in [3.8, 4) is 0 Å². The van der Waals surface area contributed by atoms with Crippen molar-refractivity contribution in [3.05, 3.63) is 0 Å². The van der Waals surface area contributed by atoms with Crippen molar-refractivity contribution in [2.45, 2.75) is 65.0 Å². The molecule has 0 aromatic carbocycles. The molecule has 1 heterocycles. The van der Waals surface area contributed by atoms with Crippen molar-refractivity contribution < 1.29 is 0 Å². The third-order valence-electron chi connectivity index (χ3n) is 3.67. The number of likely N-dealkylation sites (tertiary alicyclic amines) is 1. The zero-order chi connectivity index (χ0) is 11.1. The molecular weight excluding hydrogens is 184 g/mol. The van der Waals surface area contributed by atoms with Crippen LogP contribution in [0, 0.1) is 0 Å². The van der Waals surface area contributed by atoms with Gasteiger partial charge in [0.05, 0.1) is 0 Å². The van der Waals surface area contributed by atoms with Gasteiger partial charge in [0.2, 0.25) is 0 Å². The summed E-state index contributed by atoms with van der Waals surface area (Å²) in [6.45, 7) is 10.7. The molecule has 1 saturated heterocycles. The number of nitrogens with one attached hydrogen (secondary N) is 1. The molecule has 1 rings (SSSR count). The molecule has 0 aromatic rings. The van der Waals surface area contributed by atoms with E-state index in [0.717, 1.165) is 6.04 Å². The van der Waals surface area contributed by atoms with Crippen LogP contribution in [0.25, 0.3) is 0 Å². The van der Waals surface area contributed by atoms with Crippen LogP contribution in [0.15, 0.2) is 0 Å². The maximum absolute atomic E-state index is 3.56. The Labute approximate surface area is 95.4 Å². The highest BCUT2D eigenvalue weighted by atomic mass is 15.2. The molecule has 90 valence electrons. The maximum Gasteiger partial charge on any atom is 0.00669 e. The van der Waals surface area contributed by atoms with E-state index in [0.29, 0.717) is 6.04 Å². The molecule has 0 bridgehead atoms. The van der Waals surface area contributed by atoms with E-state index >= 15 is 0 Å². The fourth-order valence-corrected chi connectivity index (χ4v) is 2.26. The van der Waals surface area contributed by atoms with E-state index in [9.17, 15) is 0 Å². The van der Waals surface area contributed by atoms with Crippen LogP contribution in [0.4, 0.5) is 0 Å². The summed E-state index contributed by atoms with van der Waals surface area (Å²) in [4.78, 5) is 2.65. The third-order valence-corrected chi connectivity index (χ3v) is 3.67. The average Bonchev–Trinajstić information content (AvgIpc) is 2.26. The predicted octanol–water partition coefficient (Wildman–Crippen LogP) is 2.64. The van der Waals surface area contributed by atoms with Crippen molar-refractivity contribution >= 4 is 0 Å². The highest BCUT2D eigenvalue weighted by Crippen LogP contribution is 2.15. The normalized spacial score (nSPS) is 25.4. The minimum atomic E-state index is 0.684. The molecule has 0 radical (unpaired) electrons. The second-order valence-corrected chi connectivity index (χ2v) is 5.00. The van der Waals surface area contributed by atoms with Gasteiger partial charge in [0.25, 0.3) is 0 Å². The molecule has 1 fully saturated rings. The number of hydrogen-bond donors (Lipinski definition) is 1. The first-order valence-corrected chi connectivity index (χ1v) is 6.71. The lowest BCUT2D eigenvalue weighted by Gasteiger charge is -2.33. The largest absolute Gasteiger partial charge is 0.314 e. The second kappa shape index (κ2) is 7.24. The van der Waals surface area contributed by atoms with Gasteiger partial charge in [-0.2, -0.15) is 0 Å². The maximum atomic E-state index is 3.56. The van der Waals surface area contributed by atoms with E-state index in [-0.39, 0.29) is 0 Å². The van der Waals surface area contributed by atoms with Gasteiger partial charge in [-0.1, -0.05) is 13.3 Å². The Morgan fingerprint density at radius 1 is 1.40 bits per heavy atom. The Morgan fingerprint density at radius 2 is 2.20 bits per heavy atom.